The molecule has 0 saturated carbocycles. The summed E-state index contributed by atoms with van der Waals surface area (Å²) in [6.45, 7) is 5.48. The second-order valence-corrected chi connectivity index (χ2v) is 8.31. The Labute approximate surface area is 166 Å². The largest absolute Gasteiger partial charge is 0.387 e. The van der Waals surface area contributed by atoms with Crippen molar-refractivity contribution in [2.24, 2.45) is 5.92 Å². The Morgan fingerprint density at radius 3 is 2.73 bits per heavy atom. The Kier molecular flexibility index (Phi) is 8.55. The molecule has 1 heterocycles. The Balaban J connectivity index is 1.66. The van der Waals surface area contributed by atoms with Gasteiger partial charge in [-0.3, -0.25) is 0 Å². The molecule has 0 radical (unpaired) electrons. The molecule has 1 aliphatic rings. The van der Waals surface area contributed by atoms with Gasteiger partial charge in [-0.05, 0) is 37.7 Å². The minimum Gasteiger partial charge on any atom is -0.387 e. The van der Waals surface area contributed by atoms with Crippen LogP contribution < -0.4 is 0 Å². The van der Waals surface area contributed by atoms with Gasteiger partial charge >= 0.3 is 0 Å². The van der Waals surface area contributed by atoms with E-state index < -0.39 is 11.4 Å². The third-order valence-corrected chi connectivity index (χ3v) is 6.16. The van der Waals surface area contributed by atoms with E-state index in [0.29, 0.717) is 17.9 Å². The molecule has 148 valence electrons. The minimum atomic E-state index is -0.826. The highest BCUT2D eigenvalue weighted by atomic mass is 79.9. The second kappa shape index (κ2) is 10.2. The molecule has 1 saturated heterocycles. The lowest BCUT2D eigenvalue weighted by Gasteiger charge is -2.33. The van der Waals surface area contributed by atoms with Gasteiger partial charge in [0, 0.05) is 20.1 Å². The third-order valence-electron chi connectivity index (χ3n) is 5.31. The van der Waals surface area contributed by atoms with Gasteiger partial charge in [-0.15, -0.1) is 0 Å². The summed E-state index contributed by atoms with van der Waals surface area (Å²) in [5.74, 6) is -0.118. The van der Waals surface area contributed by atoms with Crippen LogP contribution in [0.3, 0.4) is 0 Å². The van der Waals surface area contributed by atoms with Gasteiger partial charge in [0.2, 0.25) is 0 Å². The van der Waals surface area contributed by atoms with Gasteiger partial charge in [0.1, 0.15) is 0 Å². The van der Waals surface area contributed by atoms with E-state index >= 15 is 0 Å². The van der Waals surface area contributed by atoms with Gasteiger partial charge in [-0.1, -0.05) is 59.6 Å². The number of aliphatic hydroxyl groups is 1. The molecule has 26 heavy (non-hydrogen) atoms. The number of methoxy groups -OCH3 is 1. The number of halogens is 1. The standard InChI is InChI=1S/C21H33BrO4/c1-17(14-25-15-18-9-5-4-6-10-18)8-7-12-20(2,23)19-11-13-21(16-22,24-3)26-19/h4-6,9-10,17,19,23H,7-8,11-16H2,1-3H3. The van der Waals surface area contributed by atoms with Gasteiger partial charge in [0.15, 0.2) is 5.79 Å². The maximum Gasteiger partial charge on any atom is 0.178 e. The Hall–Kier alpha value is -0.460. The monoisotopic (exact) mass is 428 g/mol. The van der Waals surface area contributed by atoms with Gasteiger partial charge in [-0.25, -0.2) is 0 Å². The van der Waals surface area contributed by atoms with Crippen molar-refractivity contribution in [3.05, 3.63) is 35.9 Å². The van der Waals surface area contributed by atoms with E-state index in [1.807, 2.05) is 25.1 Å². The average Bonchev–Trinajstić information content (AvgIpc) is 3.09. The van der Waals surface area contributed by atoms with Crippen molar-refractivity contribution in [1.29, 1.82) is 0 Å². The molecule has 0 amide bonds. The van der Waals surface area contributed by atoms with Crippen LogP contribution in [0.2, 0.25) is 0 Å². The molecule has 1 aliphatic heterocycles. The maximum atomic E-state index is 10.8. The summed E-state index contributed by atoms with van der Waals surface area (Å²) in [5.41, 5.74) is 0.377. The van der Waals surface area contributed by atoms with Crippen LogP contribution in [-0.2, 0) is 20.8 Å². The van der Waals surface area contributed by atoms with Crippen molar-refractivity contribution in [1.82, 2.24) is 0 Å². The van der Waals surface area contributed by atoms with Crippen molar-refractivity contribution in [2.75, 3.05) is 19.0 Å². The molecule has 5 heteroatoms. The zero-order chi connectivity index (χ0) is 19.0. The van der Waals surface area contributed by atoms with Gasteiger partial charge < -0.3 is 19.3 Å². The number of ether oxygens (including phenoxy) is 3. The normalized spacial score (nSPS) is 26.6. The Bertz CT molecular complexity index is 516. The van der Waals surface area contributed by atoms with Crippen LogP contribution in [0.1, 0.15) is 51.5 Å². The van der Waals surface area contributed by atoms with Crippen LogP contribution in [0.15, 0.2) is 30.3 Å². The lowest BCUT2D eigenvalue weighted by atomic mass is 9.89. The summed E-state index contributed by atoms with van der Waals surface area (Å²) in [6.07, 6.45) is 4.16. The molecule has 1 N–H and O–H groups in total. The molecule has 4 unspecified atom stereocenters. The molecule has 0 spiro atoms. The van der Waals surface area contributed by atoms with E-state index in [1.54, 1.807) is 7.11 Å². The summed E-state index contributed by atoms with van der Waals surface area (Å²) in [6, 6.07) is 10.2. The highest BCUT2D eigenvalue weighted by molar-refractivity contribution is 9.09. The number of rotatable bonds is 11. The molecular formula is C21H33BrO4. The van der Waals surface area contributed by atoms with Crippen LogP contribution in [0, 0.1) is 5.92 Å². The maximum absolute atomic E-state index is 10.8. The van der Waals surface area contributed by atoms with E-state index in [9.17, 15) is 5.11 Å². The number of hydrogen-bond acceptors (Lipinski definition) is 4. The summed E-state index contributed by atoms with van der Waals surface area (Å²) in [7, 11) is 1.66. The minimum absolute atomic E-state index is 0.176. The van der Waals surface area contributed by atoms with Crippen molar-refractivity contribution >= 4 is 15.9 Å². The fourth-order valence-electron chi connectivity index (χ4n) is 3.47. The van der Waals surface area contributed by atoms with E-state index in [1.165, 1.54) is 5.56 Å². The first-order valence-corrected chi connectivity index (χ1v) is 10.7. The first-order valence-electron chi connectivity index (χ1n) is 9.54. The van der Waals surface area contributed by atoms with E-state index in [-0.39, 0.29) is 6.10 Å². The average molecular weight is 429 g/mol. The molecule has 4 nitrogen and oxygen atoms in total. The summed E-state index contributed by atoms with van der Waals surface area (Å²) >= 11 is 3.45. The fraction of sp³-hybridized carbons (Fsp3) is 0.714. The first-order chi connectivity index (χ1) is 12.4. The highest BCUT2D eigenvalue weighted by Gasteiger charge is 2.46. The van der Waals surface area contributed by atoms with Crippen LogP contribution in [0.4, 0.5) is 0 Å². The molecule has 0 bridgehead atoms. The topological polar surface area (TPSA) is 47.9 Å². The number of hydrogen-bond donors (Lipinski definition) is 1. The van der Waals surface area contributed by atoms with Crippen LogP contribution in [0.5, 0.6) is 0 Å². The molecular weight excluding hydrogens is 396 g/mol. The van der Waals surface area contributed by atoms with Crippen LogP contribution >= 0.6 is 15.9 Å². The first kappa shape index (κ1) is 21.8. The predicted molar refractivity (Wildman–Crippen MR) is 107 cm³/mol. The Morgan fingerprint density at radius 2 is 2.12 bits per heavy atom. The van der Waals surface area contributed by atoms with Crippen molar-refractivity contribution < 1.29 is 19.3 Å². The molecule has 4 atom stereocenters. The zero-order valence-electron chi connectivity index (χ0n) is 16.2. The number of benzene rings is 1. The van der Waals surface area contributed by atoms with Crippen LogP contribution in [-0.4, -0.2) is 41.6 Å². The number of alkyl halides is 1. The van der Waals surface area contributed by atoms with E-state index in [0.717, 1.165) is 38.7 Å². The highest BCUT2D eigenvalue weighted by Crippen LogP contribution is 2.39. The zero-order valence-corrected chi connectivity index (χ0v) is 17.8. The second-order valence-electron chi connectivity index (χ2n) is 7.75. The summed E-state index contributed by atoms with van der Waals surface area (Å²) in [4.78, 5) is 0. The summed E-state index contributed by atoms with van der Waals surface area (Å²) in [5, 5.41) is 11.5. The predicted octanol–water partition coefficient (Wildman–Crippen LogP) is 4.68. The Morgan fingerprint density at radius 1 is 1.38 bits per heavy atom. The van der Waals surface area contributed by atoms with Crippen molar-refractivity contribution in [2.45, 2.75) is 70.1 Å². The van der Waals surface area contributed by atoms with E-state index in [4.69, 9.17) is 14.2 Å². The molecule has 1 aromatic rings. The lowest BCUT2D eigenvalue weighted by Crippen LogP contribution is -2.42. The molecule has 0 aliphatic carbocycles. The van der Waals surface area contributed by atoms with Gasteiger partial charge in [-0.2, -0.15) is 0 Å². The third kappa shape index (κ3) is 6.31. The van der Waals surface area contributed by atoms with Gasteiger partial charge in [0.05, 0.1) is 23.6 Å². The molecule has 0 aromatic heterocycles. The fourth-order valence-corrected chi connectivity index (χ4v) is 4.12. The molecule has 1 aromatic carbocycles. The van der Waals surface area contributed by atoms with Crippen molar-refractivity contribution in [3.8, 4) is 0 Å². The molecule has 1 fully saturated rings. The van der Waals surface area contributed by atoms with Crippen molar-refractivity contribution in [3.63, 3.8) is 0 Å². The lowest BCUT2D eigenvalue weighted by molar-refractivity contribution is -0.224. The van der Waals surface area contributed by atoms with E-state index in [2.05, 4.69) is 35.0 Å². The van der Waals surface area contributed by atoms with Gasteiger partial charge in [0.25, 0.3) is 0 Å². The smallest absolute Gasteiger partial charge is 0.178 e. The SMILES string of the molecule is COC1(CBr)CCC(C(C)(O)CCCC(C)COCc2ccccc2)O1. The summed E-state index contributed by atoms with van der Waals surface area (Å²) < 4.78 is 17.4. The quantitative estimate of drug-likeness (QED) is 0.519. The van der Waals surface area contributed by atoms with Crippen LogP contribution in [0.25, 0.3) is 0 Å². The molecule has 2 rings (SSSR count).